The zero-order valence-corrected chi connectivity index (χ0v) is 11.1. The zero-order valence-electron chi connectivity index (χ0n) is 9.57. The summed E-state index contributed by atoms with van der Waals surface area (Å²) in [7, 11) is 1.96. The lowest BCUT2D eigenvalue weighted by atomic mass is 10.3. The summed E-state index contributed by atoms with van der Waals surface area (Å²) in [6.07, 6.45) is 3.61. The average molecular weight is 256 g/mol. The van der Waals surface area contributed by atoms with Crippen molar-refractivity contribution in [3.05, 3.63) is 22.8 Å². The van der Waals surface area contributed by atoms with Gasteiger partial charge in [-0.05, 0) is 19.2 Å². The molecule has 3 nitrogen and oxygen atoms in total. The summed E-state index contributed by atoms with van der Waals surface area (Å²) in [4.78, 5) is 6.24. The van der Waals surface area contributed by atoms with Gasteiger partial charge < -0.3 is 4.90 Å². The molecule has 1 atom stereocenters. The van der Waals surface area contributed by atoms with E-state index >= 15 is 0 Å². The molecule has 1 unspecified atom stereocenters. The molecule has 1 heterocycles. The average Bonchev–Trinajstić information content (AvgIpc) is 2.28. The molecule has 1 rings (SSSR count). The summed E-state index contributed by atoms with van der Waals surface area (Å²) in [6, 6.07) is 4.02. The minimum atomic E-state index is 0.355. The summed E-state index contributed by atoms with van der Waals surface area (Å²) in [5.41, 5.74) is 0.486. The first-order valence-corrected chi connectivity index (χ1v) is 6.64. The van der Waals surface area contributed by atoms with Crippen LogP contribution in [0.3, 0.4) is 0 Å². The molecule has 0 aliphatic rings. The van der Waals surface area contributed by atoms with Gasteiger partial charge in [0.05, 0.1) is 10.6 Å². The second-order valence-electron chi connectivity index (χ2n) is 3.56. The van der Waals surface area contributed by atoms with E-state index < -0.39 is 0 Å². The van der Waals surface area contributed by atoms with Crippen LogP contribution < -0.4 is 4.90 Å². The third kappa shape index (κ3) is 3.03. The van der Waals surface area contributed by atoms with Crippen molar-refractivity contribution in [2.75, 3.05) is 24.0 Å². The van der Waals surface area contributed by atoms with Crippen molar-refractivity contribution < 1.29 is 0 Å². The first-order chi connectivity index (χ1) is 7.60. The number of nitriles is 1. The number of thioether (sulfide) groups is 1. The summed E-state index contributed by atoms with van der Waals surface area (Å²) >= 11 is 7.87. The topological polar surface area (TPSA) is 39.9 Å². The Morgan fingerprint density at radius 1 is 1.69 bits per heavy atom. The number of anilines is 1. The molecular formula is C11H14ClN3S. The molecule has 0 amide bonds. The van der Waals surface area contributed by atoms with Gasteiger partial charge in [0.25, 0.3) is 0 Å². The summed E-state index contributed by atoms with van der Waals surface area (Å²) < 4.78 is 0. The Bertz CT molecular complexity index is 403. The van der Waals surface area contributed by atoms with Crippen LogP contribution in [0, 0.1) is 11.3 Å². The lowest BCUT2D eigenvalue weighted by Crippen LogP contribution is -2.31. The van der Waals surface area contributed by atoms with Crippen molar-refractivity contribution in [1.82, 2.24) is 4.98 Å². The number of pyridine rings is 1. The fourth-order valence-electron chi connectivity index (χ4n) is 1.31. The van der Waals surface area contributed by atoms with Gasteiger partial charge in [0.15, 0.2) is 0 Å². The van der Waals surface area contributed by atoms with Crippen LogP contribution in [0.2, 0.25) is 5.02 Å². The van der Waals surface area contributed by atoms with Crippen molar-refractivity contribution >= 4 is 29.2 Å². The second-order valence-corrected chi connectivity index (χ2v) is 4.87. The van der Waals surface area contributed by atoms with Crippen LogP contribution in [0.1, 0.15) is 12.5 Å². The van der Waals surface area contributed by atoms with E-state index in [4.69, 9.17) is 16.9 Å². The van der Waals surface area contributed by atoms with E-state index in [0.717, 1.165) is 11.6 Å². The van der Waals surface area contributed by atoms with E-state index in [9.17, 15) is 0 Å². The normalized spacial score (nSPS) is 11.9. The standard InChI is InChI=1S/C11H14ClN3S/c1-8(7-16-3)15(2)11-10(12)4-9(5-13)6-14-11/h4,6,8H,7H2,1-3H3. The Hall–Kier alpha value is -0.920. The van der Waals surface area contributed by atoms with Crippen LogP contribution in [0.25, 0.3) is 0 Å². The van der Waals surface area contributed by atoms with Gasteiger partial charge in [-0.1, -0.05) is 11.6 Å². The molecule has 0 aliphatic heterocycles. The lowest BCUT2D eigenvalue weighted by Gasteiger charge is -2.26. The Balaban J connectivity index is 2.92. The predicted octanol–water partition coefficient (Wildman–Crippen LogP) is 2.79. The fourth-order valence-corrected chi connectivity index (χ4v) is 2.32. The van der Waals surface area contributed by atoms with Gasteiger partial charge in [-0.3, -0.25) is 0 Å². The van der Waals surface area contributed by atoms with Gasteiger partial charge in [-0.15, -0.1) is 0 Å². The molecular weight excluding hydrogens is 242 g/mol. The van der Waals surface area contributed by atoms with E-state index in [0.29, 0.717) is 16.6 Å². The maximum absolute atomic E-state index is 8.72. The number of hydrogen-bond donors (Lipinski definition) is 0. The highest BCUT2D eigenvalue weighted by Crippen LogP contribution is 2.24. The third-order valence-electron chi connectivity index (χ3n) is 2.35. The Morgan fingerprint density at radius 3 is 2.88 bits per heavy atom. The molecule has 0 saturated heterocycles. The summed E-state index contributed by atoms with van der Waals surface area (Å²) in [5.74, 6) is 1.73. The molecule has 0 N–H and O–H groups in total. The molecule has 86 valence electrons. The monoisotopic (exact) mass is 255 g/mol. The third-order valence-corrected chi connectivity index (χ3v) is 3.45. The first-order valence-electron chi connectivity index (χ1n) is 4.87. The van der Waals surface area contributed by atoms with Gasteiger partial charge >= 0.3 is 0 Å². The highest BCUT2D eigenvalue weighted by atomic mass is 35.5. The molecule has 5 heteroatoms. The van der Waals surface area contributed by atoms with E-state index in [-0.39, 0.29) is 0 Å². The van der Waals surface area contributed by atoms with E-state index in [2.05, 4.69) is 18.2 Å². The molecule has 0 fully saturated rings. The molecule has 1 aromatic rings. The minimum absolute atomic E-state index is 0.355. The van der Waals surface area contributed by atoms with Crippen LogP contribution in [0.4, 0.5) is 5.82 Å². The molecule has 0 aliphatic carbocycles. The minimum Gasteiger partial charge on any atom is -0.355 e. The van der Waals surface area contributed by atoms with Crippen molar-refractivity contribution in [3.8, 4) is 6.07 Å². The smallest absolute Gasteiger partial charge is 0.147 e. The van der Waals surface area contributed by atoms with Crippen LogP contribution >= 0.6 is 23.4 Å². The molecule has 0 spiro atoms. The first kappa shape index (κ1) is 13.1. The Morgan fingerprint density at radius 2 is 2.38 bits per heavy atom. The molecule has 0 aromatic carbocycles. The van der Waals surface area contributed by atoms with Crippen LogP contribution in [-0.4, -0.2) is 30.1 Å². The maximum Gasteiger partial charge on any atom is 0.147 e. The van der Waals surface area contributed by atoms with Crippen LogP contribution in [0.15, 0.2) is 12.3 Å². The molecule has 0 saturated carbocycles. The Labute approximate surface area is 105 Å². The fraction of sp³-hybridized carbons (Fsp3) is 0.455. The van der Waals surface area contributed by atoms with Gasteiger partial charge in [-0.25, -0.2) is 4.98 Å². The van der Waals surface area contributed by atoms with Crippen molar-refractivity contribution in [3.63, 3.8) is 0 Å². The van der Waals surface area contributed by atoms with E-state index in [1.54, 1.807) is 24.0 Å². The van der Waals surface area contributed by atoms with Crippen molar-refractivity contribution in [2.45, 2.75) is 13.0 Å². The highest BCUT2D eigenvalue weighted by molar-refractivity contribution is 7.98. The second kappa shape index (κ2) is 5.97. The Kier molecular flexibility index (Phi) is 4.91. The van der Waals surface area contributed by atoms with Gasteiger partial charge in [-0.2, -0.15) is 17.0 Å². The maximum atomic E-state index is 8.72. The van der Waals surface area contributed by atoms with Crippen molar-refractivity contribution in [2.24, 2.45) is 0 Å². The number of halogens is 1. The molecule has 0 radical (unpaired) electrons. The van der Waals surface area contributed by atoms with Crippen LogP contribution in [-0.2, 0) is 0 Å². The number of nitrogens with zero attached hydrogens (tertiary/aromatic N) is 3. The molecule has 16 heavy (non-hydrogen) atoms. The van der Waals surface area contributed by atoms with Gasteiger partial charge in [0.2, 0.25) is 0 Å². The zero-order chi connectivity index (χ0) is 12.1. The highest BCUT2D eigenvalue weighted by Gasteiger charge is 2.14. The van der Waals surface area contributed by atoms with E-state index in [1.165, 1.54) is 0 Å². The number of aromatic nitrogens is 1. The predicted molar refractivity (Wildman–Crippen MR) is 70.2 cm³/mol. The summed E-state index contributed by atoms with van der Waals surface area (Å²) in [6.45, 7) is 2.12. The molecule has 1 aromatic heterocycles. The number of hydrogen-bond acceptors (Lipinski definition) is 4. The van der Waals surface area contributed by atoms with E-state index in [1.807, 2.05) is 18.0 Å². The quantitative estimate of drug-likeness (QED) is 0.830. The van der Waals surface area contributed by atoms with Crippen molar-refractivity contribution in [1.29, 1.82) is 5.26 Å². The largest absolute Gasteiger partial charge is 0.355 e. The lowest BCUT2D eigenvalue weighted by molar-refractivity contribution is 0.753. The van der Waals surface area contributed by atoms with Crippen LogP contribution in [0.5, 0.6) is 0 Å². The SMILES string of the molecule is CSCC(C)N(C)c1ncc(C#N)cc1Cl. The van der Waals surface area contributed by atoms with Gasteiger partial charge in [0.1, 0.15) is 11.9 Å². The van der Waals surface area contributed by atoms with Gasteiger partial charge in [0, 0.05) is 25.0 Å². The summed E-state index contributed by atoms with van der Waals surface area (Å²) in [5, 5.41) is 9.24. The number of rotatable bonds is 4. The molecule has 0 bridgehead atoms.